The lowest BCUT2D eigenvalue weighted by Gasteiger charge is -2.39. The number of ketones is 1. The van der Waals surface area contributed by atoms with Gasteiger partial charge < -0.3 is 5.32 Å². The minimum absolute atomic E-state index is 0.229. The summed E-state index contributed by atoms with van der Waals surface area (Å²) in [7, 11) is 0. The second-order valence-electron chi connectivity index (χ2n) is 8.86. The summed E-state index contributed by atoms with van der Waals surface area (Å²) < 4.78 is 0. The van der Waals surface area contributed by atoms with Gasteiger partial charge in [-0.1, -0.05) is 45.3 Å². The molecule has 1 aromatic rings. The molecule has 1 fully saturated rings. The number of benzene rings is 1. The van der Waals surface area contributed by atoms with Crippen molar-refractivity contribution in [3.63, 3.8) is 0 Å². The van der Waals surface area contributed by atoms with Crippen LogP contribution in [0.3, 0.4) is 0 Å². The minimum atomic E-state index is -1.23. The van der Waals surface area contributed by atoms with E-state index in [1.54, 1.807) is 25.1 Å². The number of allylic oxidation sites excluding steroid dienone is 1. The molecular weight excluding hydrogens is 392 g/mol. The molecule has 1 saturated heterocycles. The molecule has 0 aromatic heterocycles. The Bertz CT molecular complexity index is 920. The number of amides is 3. The number of unbranched alkanes of at least 4 members (excludes halogenated alkanes) is 4. The molecular formula is C25H32N2O4. The quantitative estimate of drug-likeness (QED) is 0.448. The summed E-state index contributed by atoms with van der Waals surface area (Å²) in [6, 6.07) is 5.14. The predicted molar refractivity (Wildman–Crippen MR) is 119 cm³/mol. The van der Waals surface area contributed by atoms with Crippen molar-refractivity contribution in [2.45, 2.75) is 83.6 Å². The van der Waals surface area contributed by atoms with Crippen LogP contribution in [0.5, 0.6) is 0 Å². The van der Waals surface area contributed by atoms with Gasteiger partial charge in [0, 0.05) is 18.5 Å². The molecule has 2 heterocycles. The summed E-state index contributed by atoms with van der Waals surface area (Å²) in [5.74, 6) is -1.05. The van der Waals surface area contributed by atoms with E-state index in [-0.39, 0.29) is 11.7 Å². The number of carbonyl (C=O) groups excluding carboxylic acids is 4. The van der Waals surface area contributed by atoms with Gasteiger partial charge in [-0.25, -0.2) is 0 Å². The van der Waals surface area contributed by atoms with E-state index < -0.39 is 17.4 Å². The number of nitrogens with zero attached hydrogens (tertiary/aromatic N) is 1. The van der Waals surface area contributed by atoms with Gasteiger partial charge in [0.2, 0.25) is 5.91 Å². The number of aryl methyl sites for hydroxylation is 1. The Balaban J connectivity index is 1.64. The van der Waals surface area contributed by atoms with Crippen LogP contribution in [-0.2, 0) is 16.0 Å². The van der Waals surface area contributed by atoms with Crippen molar-refractivity contribution in [3.8, 4) is 0 Å². The second kappa shape index (κ2) is 9.58. The Morgan fingerprint density at radius 1 is 1.06 bits per heavy atom. The number of hydrogen-bond donors (Lipinski definition) is 1. The summed E-state index contributed by atoms with van der Waals surface area (Å²) in [6.07, 6.45) is 8.02. The molecule has 0 radical (unpaired) electrons. The monoisotopic (exact) mass is 424 g/mol. The van der Waals surface area contributed by atoms with Crippen LogP contribution < -0.4 is 5.32 Å². The van der Waals surface area contributed by atoms with Gasteiger partial charge in [0.15, 0.2) is 0 Å². The Morgan fingerprint density at radius 3 is 2.48 bits per heavy atom. The normalized spacial score (nSPS) is 20.8. The number of piperidine rings is 1. The van der Waals surface area contributed by atoms with Crippen LogP contribution in [0.15, 0.2) is 30.5 Å². The van der Waals surface area contributed by atoms with Gasteiger partial charge in [-0.2, -0.15) is 0 Å². The van der Waals surface area contributed by atoms with Gasteiger partial charge in [0.05, 0.1) is 11.1 Å². The minimum Gasteiger partial charge on any atom is -0.328 e. The first-order valence-electron chi connectivity index (χ1n) is 11.3. The highest BCUT2D eigenvalue weighted by Gasteiger charge is 2.51. The fourth-order valence-electron chi connectivity index (χ4n) is 4.31. The topological polar surface area (TPSA) is 83.6 Å². The van der Waals surface area contributed by atoms with Gasteiger partial charge in [0.25, 0.3) is 11.8 Å². The first kappa shape index (κ1) is 22.9. The third kappa shape index (κ3) is 4.78. The zero-order valence-corrected chi connectivity index (χ0v) is 18.6. The van der Waals surface area contributed by atoms with Crippen molar-refractivity contribution in [2.24, 2.45) is 0 Å². The molecule has 3 rings (SSSR count). The average molecular weight is 425 g/mol. The van der Waals surface area contributed by atoms with Crippen LogP contribution in [0.1, 0.15) is 97.9 Å². The van der Waals surface area contributed by atoms with Crippen molar-refractivity contribution in [1.82, 2.24) is 10.2 Å². The van der Waals surface area contributed by atoms with Crippen LogP contribution in [0.2, 0.25) is 0 Å². The molecule has 6 heteroatoms. The van der Waals surface area contributed by atoms with Crippen LogP contribution in [-0.4, -0.2) is 33.9 Å². The maximum atomic E-state index is 13.1. The maximum Gasteiger partial charge on any atom is 0.262 e. The van der Waals surface area contributed by atoms with E-state index >= 15 is 0 Å². The zero-order chi connectivity index (χ0) is 22.6. The molecule has 3 amide bonds. The van der Waals surface area contributed by atoms with E-state index in [9.17, 15) is 19.2 Å². The lowest BCUT2D eigenvalue weighted by atomic mass is 9.88. The van der Waals surface area contributed by atoms with Gasteiger partial charge in [-0.3, -0.25) is 24.1 Å². The first-order chi connectivity index (χ1) is 14.8. The molecule has 2 aliphatic rings. The molecule has 0 spiro atoms. The van der Waals surface area contributed by atoms with Crippen molar-refractivity contribution >= 4 is 23.5 Å². The van der Waals surface area contributed by atoms with Crippen molar-refractivity contribution in [1.29, 1.82) is 0 Å². The number of Topliss-reactive ketones (excluding diaryl/α,β-unsaturated/α-hetero) is 1. The number of hydrogen-bond acceptors (Lipinski definition) is 4. The molecule has 2 aliphatic heterocycles. The Labute approximate surface area is 184 Å². The summed E-state index contributed by atoms with van der Waals surface area (Å²) in [5, 5.41) is 2.67. The molecule has 6 nitrogen and oxygen atoms in total. The fraction of sp³-hybridized carbons (Fsp3) is 0.520. The van der Waals surface area contributed by atoms with Gasteiger partial charge in [-0.15, -0.1) is 0 Å². The lowest BCUT2D eigenvalue weighted by molar-refractivity contribution is -0.131. The average Bonchev–Trinajstić information content (AvgIpc) is 2.99. The predicted octanol–water partition coefficient (Wildman–Crippen LogP) is 4.33. The van der Waals surface area contributed by atoms with Crippen LogP contribution >= 0.6 is 0 Å². The van der Waals surface area contributed by atoms with E-state index in [1.165, 1.54) is 19.3 Å². The summed E-state index contributed by atoms with van der Waals surface area (Å²) in [6.45, 7) is 7.55. The highest BCUT2D eigenvalue weighted by Crippen LogP contribution is 2.35. The van der Waals surface area contributed by atoms with E-state index in [0.29, 0.717) is 48.9 Å². The zero-order valence-electron chi connectivity index (χ0n) is 18.6. The van der Waals surface area contributed by atoms with E-state index in [0.717, 1.165) is 23.3 Å². The molecule has 31 heavy (non-hydrogen) atoms. The molecule has 0 unspecified atom stereocenters. The Kier molecular flexibility index (Phi) is 7.08. The lowest BCUT2D eigenvalue weighted by Crippen LogP contribution is -2.60. The number of nitrogens with one attached hydrogen (secondary N) is 1. The second-order valence-corrected chi connectivity index (χ2v) is 8.86. The molecule has 0 bridgehead atoms. The van der Waals surface area contributed by atoms with Crippen molar-refractivity contribution < 1.29 is 19.2 Å². The van der Waals surface area contributed by atoms with Gasteiger partial charge in [0.1, 0.15) is 11.3 Å². The summed E-state index contributed by atoms with van der Waals surface area (Å²) in [5.41, 5.74) is 0.842. The fourth-order valence-corrected chi connectivity index (χ4v) is 4.31. The number of fused-ring (bicyclic) bond motifs is 1. The SMILES string of the molecule is C=C1CC[C@](C)(N2C(=O)c3ccc(CCC(=O)CCCCCCC)cc3C2=O)C(=O)N1. The molecule has 1 N–H and O–H groups in total. The number of imide groups is 1. The molecule has 0 saturated carbocycles. The summed E-state index contributed by atoms with van der Waals surface area (Å²) >= 11 is 0. The number of carbonyl (C=O) groups is 4. The Hall–Kier alpha value is -2.76. The first-order valence-corrected chi connectivity index (χ1v) is 11.3. The van der Waals surface area contributed by atoms with E-state index in [4.69, 9.17) is 0 Å². The third-order valence-corrected chi connectivity index (χ3v) is 6.39. The van der Waals surface area contributed by atoms with E-state index in [1.807, 2.05) is 0 Å². The van der Waals surface area contributed by atoms with Crippen molar-refractivity contribution in [3.05, 3.63) is 47.2 Å². The number of rotatable bonds is 10. The van der Waals surface area contributed by atoms with Crippen molar-refractivity contribution in [2.75, 3.05) is 0 Å². The highest BCUT2D eigenvalue weighted by atomic mass is 16.2. The smallest absolute Gasteiger partial charge is 0.262 e. The molecule has 166 valence electrons. The van der Waals surface area contributed by atoms with Crippen LogP contribution in [0, 0.1) is 0 Å². The summed E-state index contributed by atoms with van der Waals surface area (Å²) in [4.78, 5) is 51.9. The standard InChI is InChI=1S/C25H32N2O4/c1-4-5-6-7-8-9-19(28)12-10-18-11-13-20-21(16-18)23(30)27(22(20)29)25(3)15-14-17(2)26-24(25)31/h11,13,16H,2,4-10,12,14-15H2,1,3H3,(H,26,31)/t25-/m0/s1. The van der Waals surface area contributed by atoms with Crippen LogP contribution in [0.4, 0.5) is 0 Å². The molecule has 0 aliphatic carbocycles. The molecule has 1 aromatic carbocycles. The highest BCUT2D eigenvalue weighted by molar-refractivity contribution is 6.23. The third-order valence-electron chi connectivity index (χ3n) is 6.39. The van der Waals surface area contributed by atoms with Gasteiger partial charge >= 0.3 is 0 Å². The Morgan fingerprint density at radius 2 is 1.77 bits per heavy atom. The molecule has 1 atom stereocenters. The largest absolute Gasteiger partial charge is 0.328 e. The van der Waals surface area contributed by atoms with Gasteiger partial charge in [-0.05, 0) is 50.3 Å². The maximum absolute atomic E-state index is 13.1. The van der Waals surface area contributed by atoms with Crippen LogP contribution in [0.25, 0.3) is 0 Å². The van der Waals surface area contributed by atoms with E-state index in [2.05, 4.69) is 18.8 Å².